The van der Waals surface area contributed by atoms with Crippen molar-refractivity contribution in [1.82, 2.24) is 10.2 Å². The first kappa shape index (κ1) is 13.1. The Morgan fingerprint density at radius 2 is 2.00 bits per heavy atom. The van der Waals surface area contributed by atoms with Crippen LogP contribution in [0.4, 0.5) is 0 Å². The highest BCUT2D eigenvalue weighted by Crippen LogP contribution is 2.30. The molecular weight excluding hydrogens is 232 g/mol. The van der Waals surface area contributed by atoms with Crippen LogP contribution in [0, 0.1) is 0 Å². The molecule has 0 spiro atoms. The molecule has 2 fully saturated rings. The first-order valence-electron chi connectivity index (χ1n) is 7.83. The molecule has 2 heterocycles. The van der Waals surface area contributed by atoms with E-state index < -0.39 is 0 Å². The fourth-order valence-electron chi connectivity index (χ4n) is 3.53. The Morgan fingerprint density at radius 3 is 2.74 bits per heavy atom. The van der Waals surface area contributed by atoms with Crippen molar-refractivity contribution in [1.29, 1.82) is 0 Å². The van der Waals surface area contributed by atoms with Gasteiger partial charge in [-0.15, -0.1) is 0 Å². The van der Waals surface area contributed by atoms with E-state index in [4.69, 9.17) is 0 Å². The highest BCUT2D eigenvalue weighted by molar-refractivity contribution is 5.30. The first-order chi connectivity index (χ1) is 9.26. The van der Waals surface area contributed by atoms with Gasteiger partial charge in [0.1, 0.15) is 0 Å². The number of rotatable bonds is 3. The number of nitrogens with one attached hydrogen (secondary N) is 1. The Morgan fingerprint density at radius 1 is 1.16 bits per heavy atom. The van der Waals surface area contributed by atoms with Crippen LogP contribution in [0.15, 0.2) is 24.3 Å². The normalized spacial score (nSPS) is 28.7. The molecule has 1 aromatic rings. The lowest BCUT2D eigenvalue weighted by Gasteiger charge is -2.28. The molecule has 1 N–H and O–H groups in total. The lowest BCUT2D eigenvalue weighted by Crippen LogP contribution is -2.33. The smallest absolute Gasteiger partial charge is 0.0406 e. The largest absolute Gasteiger partial charge is 0.308 e. The van der Waals surface area contributed by atoms with Crippen molar-refractivity contribution in [3.63, 3.8) is 0 Å². The van der Waals surface area contributed by atoms with Crippen molar-refractivity contribution in [3.05, 3.63) is 35.4 Å². The van der Waals surface area contributed by atoms with E-state index in [1.54, 1.807) is 0 Å². The lowest BCUT2D eigenvalue weighted by molar-refractivity contribution is 0.220. The summed E-state index contributed by atoms with van der Waals surface area (Å²) in [6.07, 6.45) is 6.73. The Kier molecular flexibility index (Phi) is 3.90. The average molecular weight is 258 g/mol. The summed E-state index contributed by atoms with van der Waals surface area (Å²) in [5.41, 5.74) is 3.16. The monoisotopic (exact) mass is 258 g/mol. The number of likely N-dealkylation sites (tertiary alicyclic amines) is 1. The maximum Gasteiger partial charge on any atom is 0.0406 e. The van der Waals surface area contributed by atoms with Gasteiger partial charge in [-0.2, -0.15) is 0 Å². The van der Waals surface area contributed by atoms with Gasteiger partial charge < -0.3 is 5.32 Å². The molecule has 0 saturated carbocycles. The third-order valence-corrected chi connectivity index (χ3v) is 4.79. The number of piperidine rings is 1. The predicted molar refractivity (Wildman–Crippen MR) is 80.2 cm³/mol. The van der Waals surface area contributed by atoms with Crippen molar-refractivity contribution in [2.24, 2.45) is 0 Å². The van der Waals surface area contributed by atoms with Crippen LogP contribution in [0.3, 0.4) is 0 Å². The zero-order chi connectivity index (χ0) is 13.1. The molecule has 0 radical (unpaired) electrons. The van der Waals surface area contributed by atoms with Gasteiger partial charge in [-0.1, -0.05) is 30.7 Å². The summed E-state index contributed by atoms with van der Waals surface area (Å²) < 4.78 is 0. The molecule has 2 saturated heterocycles. The number of benzene rings is 1. The van der Waals surface area contributed by atoms with E-state index in [2.05, 4.69) is 41.4 Å². The van der Waals surface area contributed by atoms with Gasteiger partial charge in [0.15, 0.2) is 0 Å². The molecule has 2 aliphatic heterocycles. The standard InChI is InChI=1S/C17H26N2/c1-17(9-6-10-18-17)16-8-5-7-15(13-16)14-19-11-3-2-4-12-19/h5,7-8,13,18H,2-4,6,9-12,14H2,1H3. The third-order valence-electron chi connectivity index (χ3n) is 4.79. The van der Waals surface area contributed by atoms with Gasteiger partial charge in [0.05, 0.1) is 0 Å². The van der Waals surface area contributed by atoms with Gasteiger partial charge in [0.2, 0.25) is 0 Å². The van der Waals surface area contributed by atoms with Crippen LogP contribution in [0.5, 0.6) is 0 Å². The molecule has 1 unspecified atom stereocenters. The van der Waals surface area contributed by atoms with E-state index in [0.717, 1.165) is 13.1 Å². The molecule has 1 aromatic carbocycles. The van der Waals surface area contributed by atoms with E-state index in [9.17, 15) is 0 Å². The van der Waals surface area contributed by atoms with Gasteiger partial charge in [-0.3, -0.25) is 4.90 Å². The summed E-state index contributed by atoms with van der Waals surface area (Å²) >= 11 is 0. The average Bonchev–Trinajstić information content (AvgIpc) is 2.89. The maximum atomic E-state index is 3.67. The predicted octanol–water partition coefficient (Wildman–Crippen LogP) is 3.27. The van der Waals surface area contributed by atoms with Gasteiger partial charge in [0, 0.05) is 12.1 Å². The van der Waals surface area contributed by atoms with Crippen LogP contribution < -0.4 is 5.32 Å². The van der Waals surface area contributed by atoms with Crippen LogP contribution in [0.25, 0.3) is 0 Å². The molecule has 1 atom stereocenters. The highest BCUT2D eigenvalue weighted by atomic mass is 15.1. The maximum absolute atomic E-state index is 3.67. The fraction of sp³-hybridized carbons (Fsp3) is 0.647. The van der Waals surface area contributed by atoms with E-state index in [1.807, 2.05) is 0 Å². The van der Waals surface area contributed by atoms with Crippen LogP contribution in [-0.2, 0) is 12.1 Å². The minimum atomic E-state index is 0.206. The molecule has 0 aliphatic carbocycles. The van der Waals surface area contributed by atoms with Gasteiger partial charge in [-0.25, -0.2) is 0 Å². The molecule has 104 valence electrons. The third kappa shape index (κ3) is 3.01. The first-order valence-corrected chi connectivity index (χ1v) is 7.83. The zero-order valence-corrected chi connectivity index (χ0v) is 12.1. The molecule has 2 heteroatoms. The fourth-order valence-corrected chi connectivity index (χ4v) is 3.53. The quantitative estimate of drug-likeness (QED) is 0.895. The van der Waals surface area contributed by atoms with Crippen molar-refractivity contribution >= 4 is 0 Å². The van der Waals surface area contributed by atoms with Crippen LogP contribution in [-0.4, -0.2) is 24.5 Å². The highest BCUT2D eigenvalue weighted by Gasteiger charge is 2.29. The van der Waals surface area contributed by atoms with Crippen LogP contribution in [0.2, 0.25) is 0 Å². The molecule has 0 amide bonds. The van der Waals surface area contributed by atoms with Crippen molar-refractivity contribution < 1.29 is 0 Å². The molecule has 2 nitrogen and oxygen atoms in total. The summed E-state index contributed by atoms with van der Waals surface area (Å²) in [5.74, 6) is 0. The second-order valence-electron chi connectivity index (χ2n) is 6.40. The number of hydrogen-bond donors (Lipinski definition) is 1. The molecule has 3 rings (SSSR count). The Hall–Kier alpha value is -0.860. The van der Waals surface area contributed by atoms with Crippen molar-refractivity contribution in [2.45, 2.75) is 51.1 Å². The minimum Gasteiger partial charge on any atom is -0.308 e. The second kappa shape index (κ2) is 5.64. The van der Waals surface area contributed by atoms with Gasteiger partial charge in [-0.05, 0) is 63.4 Å². The SMILES string of the molecule is CC1(c2cccc(CN3CCCCC3)c2)CCCN1. The summed E-state index contributed by atoms with van der Waals surface area (Å²) in [4.78, 5) is 2.60. The minimum absolute atomic E-state index is 0.206. The molecule has 0 bridgehead atoms. The van der Waals surface area contributed by atoms with Gasteiger partial charge >= 0.3 is 0 Å². The van der Waals surface area contributed by atoms with Crippen LogP contribution in [0.1, 0.15) is 50.2 Å². The molecule has 19 heavy (non-hydrogen) atoms. The van der Waals surface area contributed by atoms with E-state index in [0.29, 0.717) is 0 Å². The van der Waals surface area contributed by atoms with E-state index in [1.165, 1.54) is 56.3 Å². The van der Waals surface area contributed by atoms with Crippen molar-refractivity contribution in [3.8, 4) is 0 Å². The number of nitrogens with zero attached hydrogens (tertiary/aromatic N) is 1. The zero-order valence-electron chi connectivity index (χ0n) is 12.1. The summed E-state index contributed by atoms with van der Waals surface area (Å²) in [7, 11) is 0. The van der Waals surface area contributed by atoms with Crippen molar-refractivity contribution in [2.75, 3.05) is 19.6 Å². The summed E-state index contributed by atoms with van der Waals surface area (Å²) in [6.45, 7) is 7.19. The molecular formula is C17H26N2. The Balaban J connectivity index is 1.72. The number of hydrogen-bond acceptors (Lipinski definition) is 2. The summed E-state index contributed by atoms with van der Waals surface area (Å²) in [5, 5.41) is 3.67. The molecule has 0 aromatic heterocycles. The van der Waals surface area contributed by atoms with Gasteiger partial charge in [0.25, 0.3) is 0 Å². The Bertz CT molecular complexity index is 415. The van der Waals surface area contributed by atoms with E-state index in [-0.39, 0.29) is 5.54 Å². The second-order valence-corrected chi connectivity index (χ2v) is 6.40. The summed E-state index contributed by atoms with van der Waals surface area (Å²) in [6, 6.07) is 9.24. The lowest BCUT2D eigenvalue weighted by atomic mass is 9.89. The molecule has 2 aliphatic rings. The topological polar surface area (TPSA) is 15.3 Å². The van der Waals surface area contributed by atoms with E-state index >= 15 is 0 Å². The van der Waals surface area contributed by atoms with Crippen LogP contribution >= 0.6 is 0 Å². The Labute approximate surface area is 117 Å².